The Morgan fingerprint density at radius 2 is 2.20 bits per heavy atom. The predicted octanol–water partition coefficient (Wildman–Crippen LogP) is -0.599. The van der Waals surface area contributed by atoms with Crippen LogP contribution < -0.4 is 10.0 Å². The summed E-state index contributed by atoms with van der Waals surface area (Å²) in [7, 11) is -1.68. The highest BCUT2D eigenvalue weighted by Crippen LogP contribution is 2.04. The molecule has 1 aromatic heterocycles. The molecule has 6 nitrogen and oxygen atoms in total. The highest BCUT2D eigenvalue weighted by molar-refractivity contribution is 7.89. The number of imidazole rings is 1. The second-order valence-electron chi connectivity index (χ2n) is 3.04. The molecule has 0 aliphatic heterocycles. The number of hydrogen-bond donors (Lipinski definition) is 2. The van der Waals surface area contributed by atoms with Crippen LogP contribution in [0.15, 0.2) is 17.6 Å². The molecule has 1 heterocycles. The molecule has 0 unspecified atom stereocenters. The van der Waals surface area contributed by atoms with Gasteiger partial charge in [0.05, 0.1) is 6.33 Å². The molecule has 0 aromatic carbocycles. The van der Waals surface area contributed by atoms with Gasteiger partial charge in [0.25, 0.3) is 10.0 Å². The average molecular weight is 232 g/mol. The molecule has 0 fully saturated rings. The van der Waals surface area contributed by atoms with E-state index in [0.29, 0.717) is 19.6 Å². The monoisotopic (exact) mass is 232 g/mol. The molecule has 1 aromatic rings. The number of nitrogens with zero attached hydrogens (tertiary/aromatic N) is 2. The molecule has 2 N–H and O–H groups in total. The van der Waals surface area contributed by atoms with Crippen LogP contribution in [0.25, 0.3) is 0 Å². The topological polar surface area (TPSA) is 76.0 Å². The Morgan fingerprint density at radius 3 is 2.73 bits per heavy atom. The second-order valence-corrected chi connectivity index (χ2v) is 4.76. The van der Waals surface area contributed by atoms with E-state index in [0.717, 1.165) is 0 Å². The Balaban J connectivity index is 2.68. The minimum Gasteiger partial charge on any atom is -0.336 e. The highest BCUT2D eigenvalue weighted by Gasteiger charge is 2.15. The molecule has 0 bridgehead atoms. The predicted molar refractivity (Wildman–Crippen MR) is 57.0 cm³/mol. The number of hydrogen-bond acceptors (Lipinski definition) is 4. The van der Waals surface area contributed by atoms with Crippen molar-refractivity contribution in [1.29, 1.82) is 0 Å². The second kappa shape index (κ2) is 5.24. The van der Waals surface area contributed by atoms with Gasteiger partial charge in [-0.3, -0.25) is 0 Å². The first kappa shape index (κ1) is 12.2. The van der Waals surface area contributed by atoms with Gasteiger partial charge in [0, 0.05) is 25.8 Å². The maximum atomic E-state index is 11.6. The first-order valence-electron chi connectivity index (χ1n) is 4.76. The number of aromatic nitrogens is 2. The van der Waals surface area contributed by atoms with Gasteiger partial charge < -0.3 is 9.88 Å². The molecule has 1 rings (SSSR count). The number of nitrogens with one attached hydrogen (secondary N) is 2. The lowest BCUT2D eigenvalue weighted by molar-refractivity contribution is 0.576. The van der Waals surface area contributed by atoms with Crippen LogP contribution in [-0.4, -0.2) is 38.1 Å². The molecule has 0 saturated heterocycles. The van der Waals surface area contributed by atoms with Crippen LogP contribution in [0, 0.1) is 0 Å². The van der Waals surface area contributed by atoms with Gasteiger partial charge in [0.15, 0.2) is 5.03 Å². The van der Waals surface area contributed by atoms with Gasteiger partial charge in [-0.15, -0.1) is 0 Å². The SMILES string of the molecule is CCn1cnc(S(=O)(=O)NCCNC)c1. The molecule has 0 radical (unpaired) electrons. The van der Waals surface area contributed by atoms with Crippen molar-refractivity contribution >= 4 is 10.0 Å². The van der Waals surface area contributed by atoms with Crippen molar-refractivity contribution in [2.75, 3.05) is 20.1 Å². The highest BCUT2D eigenvalue weighted by atomic mass is 32.2. The van der Waals surface area contributed by atoms with Gasteiger partial charge in [0.1, 0.15) is 0 Å². The Bertz CT molecular complexity index is 399. The molecular weight excluding hydrogens is 216 g/mol. The standard InChI is InChI=1S/C8H16N4O2S/c1-3-12-6-8(10-7-12)15(13,14)11-5-4-9-2/h6-7,9,11H,3-5H2,1-2H3. The van der Waals surface area contributed by atoms with E-state index in [1.165, 1.54) is 12.5 Å². The van der Waals surface area contributed by atoms with E-state index in [-0.39, 0.29) is 5.03 Å². The fraction of sp³-hybridized carbons (Fsp3) is 0.625. The van der Waals surface area contributed by atoms with Crippen molar-refractivity contribution < 1.29 is 8.42 Å². The summed E-state index contributed by atoms with van der Waals surface area (Å²) in [5.74, 6) is 0. The van der Waals surface area contributed by atoms with E-state index >= 15 is 0 Å². The third-order valence-electron chi connectivity index (χ3n) is 1.92. The molecule has 15 heavy (non-hydrogen) atoms. The molecule has 0 saturated carbocycles. The summed E-state index contributed by atoms with van der Waals surface area (Å²) in [5.41, 5.74) is 0. The smallest absolute Gasteiger partial charge is 0.259 e. The normalized spacial score (nSPS) is 11.9. The summed E-state index contributed by atoms with van der Waals surface area (Å²) in [5, 5.41) is 2.93. The fourth-order valence-electron chi connectivity index (χ4n) is 1.04. The van der Waals surface area contributed by atoms with Gasteiger partial charge >= 0.3 is 0 Å². The van der Waals surface area contributed by atoms with Crippen molar-refractivity contribution in [3.63, 3.8) is 0 Å². The van der Waals surface area contributed by atoms with E-state index in [1.807, 2.05) is 6.92 Å². The number of likely N-dealkylation sites (N-methyl/N-ethyl adjacent to an activating group) is 1. The van der Waals surface area contributed by atoms with Crippen LogP contribution in [0.5, 0.6) is 0 Å². The quantitative estimate of drug-likeness (QED) is 0.642. The Kier molecular flexibility index (Phi) is 4.25. The lowest BCUT2D eigenvalue weighted by atomic mass is 10.7. The zero-order valence-electron chi connectivity index (χ0n) is 8.90. The summed E-state index contributed by atoms with van der Waals surface area (Å²) in [6.45, 7) is 3.58. The van der Waals surface area contributed by atoms with Crippen molar-refractivity contribution in [2.45, 2.75) is 18.5 Å². The molecule has 0 spiro atoms. The van der Waals surface area contributed by atoms with Crippen molar-refractivity contribution in [3.8, 4) is 0 Å². The zero-order valence-corrected chi connectivity index (χ0v) is 9.71. The average Bonchev–Trinajstić information content (AvgIpc) is 2.66. The van der Waals surface area contributed by atoms with Crippen LogP contribution >= 0.6 is 0 Å². The van der Waals surface area contributed by atoms with Crippen molar-refractivity contribution in [2.24, 2.45) is 0 Å². The molecule has 86 valence electrons. The first-order valence-corrected chi connectivity index (χ1v) is 6.24. The fourth-order valence-corrected chi connectivity index (χ4v) is 2.01. The zero-order chi connectivity index (χ0) is 11.3. The van der Waals surface area contributed by atoms with Crippen LogP contribution in [0.1, 0.15) is 6.92 Å². The van der Waals surface area contributed by atoms with Crippen LogP contribution in [0.3, 0.4) is 0 Å². The lowest BCUT2D eigenvalue weighted by Gasteiger charge is -2.02. The van der Waals surface area contributed by atoms with Gasteiger partial charge in [-0.2, -0.15) is 0 Å². The third kappa shape index (κ3) is 3.29. The molecule has 0 amide bonds. The Labute approximate surface area is 89.8 Å². The van der Waals surface area contributed by atoms with Gasteiger partial charge in [-0.05, 0) is 14.0 Å². The van der Waals surface area contributed by atoms with Gasteiger partial charge in [-0.1, -0.05) is 0 Å². The minimum atomic E-state index is -3.44. The Morgan fingerprint density at radius 1 is 1.47 bits per heavy atom. The maximum absolute atomic E-state index is 11.6. The number of aryl methyl sites for hydroxylation is 1. The summed E-state index contributed by atoms with van der Waals surface area (Å²) < 4.78 is 27.4. The third-order valence-corrected chi connectivity index (χ3v) is 3.26. The van der Waals surface area contributed by atoms with E-state index < -0.39 is 10.0 Å². The molecule has 0 aliphatic rings. The van der Waals surface area contributed by atoms with Crippen LogP contribution in [0.2, 0.25) is 0 Å². The number of rotatable bonds is 6. The van der Waals surface area contributed by atoms with E-state index in [1.54, 1.807) is 11.6 Å². The molecule has 0 atom stereocenters. The summed E-state index contributed by atoms with van der Waals surface area (Å²) >= 11 is 0. The van der Waals surface area contributed by atoms with Crippen molar-refractivity contribution in [3.05, 3.63) is 12.5 Å². The van der Waals surface area contributed by atoms with Crippen molar-refractivity contribution in [1.82, 2.24) is 19.6 Å². The summed E-state index contributed by atoms with van der Waals surface area (Å²) in [6, 6.07) is 0. The molecular formula is C8H16N4O2S. The Hall–Kier alpha value is -0.920. The molecule has 0 aliphatic carbocycles. The van der Waals surface area contributed by atoms with Crippen LogP contribution in [-0.2, 0) is 16.6 Å². The summed E-state index contributed by atoms with van der Waals surface area (Å²) in [6.07, 6.45) is 3.02. The maximum Gasteiger partial charge on any atom is 0.259 e. The lowest BCUT2D eigenvalue weighted by Crippen LogP contribution is -2.30. The summed E-state index contributed by atoms with van der Waals surface area (Å²) in [4.78, 5) is 3.83. The van der Waals surface area contributed by atoms with Crippen LogP contribution in [0.4, 0.5) is 0 Å². The first-order chi connectivity index (χ1) is 7.10. The number of sulfonamides is 1. The largest absolute Gasteiger partial charge is 0.336 e. The van der Waals surface area contributed by atoms with Gasteiger partial charge in [-0.25, -0.2) is 18.1 Å². The molecule has 7 heteroatoms. The van der Waals surface area contributed by atoms with E-state index in [4.69, 9.17) is 0 Å². The minimum absolute atomic E-state index is 0.0699. The van der Waals surface area contributed by atoms with E-state index in [2.05, 4.69) is 15.0 Å². The van der Waals surface area contributed by atoms with E-state index in [9.17, 15) is 8.42 Å². The van der Waals surface area contributed by atoms with Gasteiger partial charge in [0.2, 0.25) is 0 Å².